The van der Waals surface area contributed by atoms with Crippen LogP contribution in [0, 0.1) is 0 Å². The topological polar surface area (TPSA) is 54.9 Å². The number of hydrogen-bond donors (Lipinski definition) is 2. The molecule has 0 bridgehead atoms. The molecule has 2 rings (SSSR count). The van der Waals surface area contributed by atoms with Gasteiger partial charge in [0.2, 0.25) is 0 Å². The summed E-state index contributed by atoms with van der Waals surface area (Å²) in [5.74, 6) is 2.09. The van der Waals surface area contributed by atoms with Crippen LogP contribution >= 0.6 is 11.6 Å². The van der Waals surface area contributed by atoms with E-state index in [1.807, 2.05) is 12.1 Å². The third-order valence-electron chi connectivity index (χ3n) is 3.04. The second-order valence-electron chi connectivity index (χ2n) is 6.26. The molecular formula is C16H24ClN3O2. The van der Waals surface area contributed by atoms with E-state index >= 15 is 0 Å². The van der Waals surface area contributed by atoms with E-state index in [1.165, 1.54) is 0 Å². The van der Waals surface area contributed by atoms with Gasteiger partial charge in [0.05, 0.1) is 18.2 Å². The van der Waals surface area contributed by atoms with Crippen molar-refractivity contribution in [3.63, 3.8) is 0 Å². The molecule has 1 aliphatic rings. The molecule has 2 N–H and O–H groups in total. The maximum absolute atomic E-state index is 6.30. The monoisotopic (exact) mass is 325 g/mol. The Kier molecular flexibility index (Phi) is 5.40. The van der Waals surface area contributed by atoms with E-state index in [9.17, 15) is 0 Å². The van der Waals surface area contributed by atoms with Crippen molar-refractivity contribution in [2.24, 2.45) is 4.99 Å². The molecule has 0 unspecified atom stereocenters. The van der Waals surface area contributed by atoms with Crippen molar-refractivity contribution in [3.8, 4) is 11.5 Å². The number of nitrogens with one attached hydrogen (secondary N) is 2. The van der Waals surface area contributed by atoms with Crippen molar-refractivity contribution in [1.29, 1.82) is 0 Å². The number of guanidine groups is 1. The van der Waals surface area contributed by atoms with Gasteiger partial charge in [-0.1, -0.05) is 11.6 Å². The zero-order chi connectivity index (χ0) is 16.2. The molecule has 0 spiro atoms. The molecule has 0 aliphatic carbocycles. The van der Waals surface area contributed by atoms with E-state index in [-0.39, 0.29) is 5.54 Å². The highest BCUT2D eigenvalue weighted by molar-refractivity contribution is 6.32. The molecule has 122 valence electrons. The van der Waals surface area contributed by atoms with E-state index in [2.05, 4.69) is 36.4 Å². The van der Waals surface area contributed by atoms with Crippen molar-refractivity contribution in [2.75, 3.05) is 20.3 Å². The Bertz CT molecular complexity index is 553. The molecule has 5 nitrogen and oxygen atoms in total. The zero-order valence-electron chi connectivity index (χ0n) is 13.6. The molecule has 1 heterocycles. The second-order valence-corrected chi connectivity index (χ2v) is 6.66. The normalized spacial score (nSPS) is 15.2. The van der Waals surface area contributed by atoms with Gasteiger partial charge in [0.1, 0.15) is 0 Å². The molecule has 0 radical (unpaired) electrons. The molecule has 1 aromatic carbocycles. The van der Waals surface area contributed by atoms with Crippen LogP contribution in [-0.4, -0.2) is 31.8 Å². The molecule has 0 amide bonds. The lowest BCUT2D eigenvalue weighted by atomic mass is 10.1. The van der Waals surface area contributed by atoms with E-state index in [1.54, 1.807) is 7.05 Å². The Labute approximate surface area is 137 Å². The van der Waals surface area contributed by atoms with Crippen LogP contribution in [0.3, 0.4) is 0 Å². The van der Waals surface area contributed by atoms with Crippen LogP contribution in [0.25, 0.3) is 0 Å². The highest BCUT2D eigenvalue weighted by Crippen LogP contribution is 2.37. The molecule has 6 heteroatoms. The smallest absolute Gasteiger partial charge is 0.191 e. The Morgan fingerprint density at radius 3 is 2.68 bits per heavy atom. The number of hydrogen-bond acceptors (Lipinski definition) is 3. The highest BCUT2D eigenvalue weighted by atomic mass is 35.5. The van der Waals surface area contributed by atoms with Crippen molar-refractivity contribution < 1.29 is 9.47 Å². The lowest BCUT2D eigenvalue weighted by Gasteiger charge is -2.24. The summed E-state index contributed by atoms with van der Waals surface area (Å²) in [6, 6.07) is 3.86. The van der Waals surface area contributed by atoms with Crippen LogP contribution < -0.4 is 20.1 Å². The number of aliphatic imine (C=N–C) groups is 1. The number of fused-ring (bicyclic) bond motifs is 1. The minimum absolute atomic E-state index is 0.0514. The minimum Gasteiger partial charge on any atom is -0.489 e. The highest BCUT2D eigenvalue weighted by Gasteiger charge is 2.16. The minimum atomic E-state index is -0.0514. The van der Waals surface area contributed by atoms with Crippen molar-refractivity contribution in [1.82, 2.24) is 10.6 Å². The van der Waals surface area contributed by atoms with Crippen LogP contribution in [0.5, 0.6) is 11.5 Å². The average Bonchev–Trinajstić information content (AvgIpc) is 2.68. The fourth-order valence-electron chi connectivity index (χ4n) is 2.11. The Morgan fingerprint density at radius 1 is 1.27 bits per heavy atom. The molecule has 0 aromatic heterocycles. The van der Waals surface area contributed by atoms with Crippen LogP contribution in [-0.2, 0) is 6.54 Å². The maximum Gasteiger partial charge on any atom is 0.191 e. The molecule has 1 aromatic rings. The molecule has 0 saturated heterocycles. The fourth-order valence-corrected chi connectivity index (χ4v) is 2.39. The van der Waals surface area contributed by atoms with Crippen molar-refractivity contribution >= 4 is 17.6 Å². The van der Waals surface area contributed by atoms with Gasteiger partial charge in [-0.3, -0.25) is 4.99 Å². The summed E-state index contributed by atoms with van der Waals surface area (Å²) in [5, 5.41) is 7.17. The maximum atomic E-state index is 6.30. The molecule has 22 heavy (non-hydrogen) atoms. The van der Waals surface area contributed by atoms with Crippen LogP contribution in [0.15, 0.2) is 17.1 Å². The van der Waals surface area contributed by atoms with Crippen LogP contribution in [0.4, 0.5) is 0 Å². The SMILES string of the molecule is CN=C(NCc1cc(Cl)c2c(c1)OCCCO2)NC(C)(C)C. The fraction of sp³-hybridized carbons (Fsp3) is 0.562. The number of benzene rings is 1. The predicted octanol–water partition coefficient (Wildman–Crippen LogP) is 2.96. The first-order chi connectivity index (χ1) is 10.4. The van der Waals surface area contributed by atoms with Crippen molar-refractivity contribution in [2.45, 2.75) is 39.3 Å². The van der Waals surface area contributed by atoms with E-state index < -0.39 is 0 Å². The summed E-state index contributed by atoms with van der Waals surface area (Å²) < 4.78 is 11.3. The second kappa shape index (κ2) is 7.09. The van der Waals surface area contributed by atoms with Gasteiger partial charge in [-0.2, -0.15) is 0 Å². The lowest BCUT2D eigenvalue weighted by Crippen LogP contribution is -2.47. The van der Waals surface area contributed by atoms with Gasteiger partial charge in [-0.25, -0.2) is 0 Å². The molecule has 0 saturated carbocycles. The number of rotatable bonds is 2. The summed E-state index contributed by atoms with van der Waals surface area (Å²) in [7, 11) is 1.75. The van der Waals surface area contributed by atoms with Gasteiger partial charge < -0.3 is 20.1 Å². The summed E-state index contributed by atoms with van der Waals surface area (Å²) in [5.41, 5.74) is 0.968. The van der Waals surface area contributed by atoms with Gasteiger partial charge in [0, 0.05) is 25.6 Å². The first kappa shape index (κ1) is 16.7. The van der Waals surface area contributed by atoms with E-state index in [0.29, 0.717) is 36.3 Å². The number of halogens is 1. The quantitative estimate of drug-likeness (QED) is 0.648. The Balaban J connectivity index is 2.07. The predicted molar refractivity (Wildman–Crippen MR) is 90.1 cm³/mol. The van der Waals surface area contributed by atoms with Gasteiger partial charge in [0.25, 0.3) is 0 Å². The lowest BCUT2D eigenvalue weighted by molar-refractivity contribution is 0.297. The average molecular weight is 326 g/mol. The summed E-state index contributed by atoms with van der Waals surface area (Å²) in [6.07, 6.45) is 0.862. The van der Waals surface area contributed by atoms with E-state index in [0.717, 1.165) is 17.9 Å². The summed E-state index contributed by atoms with van der Waals surface area (Å²) in [4.78, 5) is 4.22. The first-order valence-electron chi connectivity index (χ1n) is 7.46. The largest absolute Gasteiger partial charge is 0.489 e. The van der Waals surface area contributed by atoms with Gasteiger partial charge in [0.15, 0.2) is 17.5 Å². The van der Waals surface area contributed by atoms with Crippen LogP contribution in [0.2, 0.25) is 5.02 Å². The van der Waals surface area contributed by atoms with Gasteiger partial charge >= 0.3 is 0 Å². The first-order valence-corrected chi connectivity index (χ1v) is 7.84. The molecule has 0 atom stereocenters. The van der Waals surface area contributed by atoms with Crippen LogP contribution in [0.1, 0.15) is 32.8 Å². The third-order valence-corrected chi connectivity index (χ3v) is 3.32. The molecule has 1 aliphatic heterocycles. The number of ether oxygens (including phenoxy) is 2. The third kappa shape index (κ3) is 4.70. The zero-order valence-corrected chi connectivity index (χ0v) is 14.4. The summed E-state index contributed by atoms with van der Waals surface area (Å²) in [6.45, 7) is 8.14. The molecular weight excluding hydrogens is 302 g/mol. The van der Waals surface area contributed by atoms with E-state index in [4.69, 9.17) is 21.1 Å². The molecule has 0 fully saturated rings. The summed E-state index contributed by atoms with van der Waals surface area (Å²) >= 11 is 6.30. The van der Waals surface area contributed by atoms with Gasteiger partial charge in [-0.05, 0) is 38.5 Å². The van der Waals surface area contributed by atoms with Crippen molar-refractivity contribution in [3.05, 3.63) is 22.7 Å². The standard InChI is InChI=1S/C16H24ClN3O2/c1-16(2,3)20-15(18-4)19-10-11-8-12(17)14-13(9-11)21-6-5-7-22-14/h8-9H,5-7,10H2,1-4H3,(H2,18,19,20). The Hall–Kier alpha value is -1.62. The van der Waals surface area contributed by atoms with Gasteiger partial charge in [-0.15, -0.1) is 0 Å². The Morgan fingerprint density at radius 2 is 2.00 bits per heavy atom. The number of nitrogens with zero attached hydrogens (tertiary/aromatic N) is 1.